The zero-order valence-electron chi connectivity index (χ0n) is 31.3. The zero-order chi connectivity index (χ0) is 37.8. The van der Waals surface area contributed by atoms with Gasteiger partial charge in [0.1, 0.15) is 0 Å². The normalized spacial score (nSPS) is 12.7. The third kappa shape index (κ3) is 5.18. The first-order valence-corrected chi connectivity index (χ1v) is 19.7. The minimum atomic E-state index is -0.483. The number of benzene rings is 9. The summed E-state index contributed by atoms with van der Waals surface area (Å²) >= 11 is 0. The Balaban J connectivity index is 1.10. The Labute approximate surface area is 333 Å². The highest BCUT2D eigenvalue weighted by molar-refractivity contribution is 6.10. The van der Waals surface area contributed by atoms with Gasteiger partial charge in [0.05, 0.1) is 16.4 Å². The predicted molar refractivity (Wildman–Crippen MR) is 238 cm³/mol. The van der Waals surface area contributed by atoms with Crippen molar-refractivity contribution in [2.24, 2.45) is 0 Å². The molecule has 1 heterocycles. The van der Waals surface area contributed by atoms with Crippen molar-refractivity contribution < 1.29 is 0 Å². The minimum Gasteiger partial charge on any atom is -0.310 e. The number of para-hydroxylation sites is 3. The molecule has 2 nitrogen and oxygen atoms in total. The Morgan fingerprint density at radius 3 is 1.65 bits per heavy atom. The van der Waals surface area contributed by atoms with Gasteiger partial charge < -0.3 is 9.47 Å². The van der Waals surface area contributed by atoms with E-state index in [0.29, 0.717) is 0 Å². The van der Waals surface area contributed by atoms with Crippen LogP contribution in [-0.4, -0.2) is 4.57 Å². The second-order valence-electron chi connectivity index (χ2n) is 14.9. The lowest BCUT2D eigenvalue weighted by Crippen LogP contribution is -2.28. The summed E-state index contributed by atoms with van der Waals surface area (Å²) in [5.41, 5.74) is 16.4. The van der Waals surface area contributed by atoms with Crippen LogP contribution < -0.4 is 4.90 Å². The van der Waals surface area contributed by atoms with Crippen molar-refractivity contribution in [2.75, 3.05) is 4.90 Å². The van der Waals surface area contributed by atoms with Crippen LogP contribution >= 0.6 is 0 Å². The molecule has 0 saturated carbocycles. The SMILES string of the molecule is c1ccc(N(c2cccc(-c3ccc4c(c3)c3ccccc3n4-c3ccccc3)c2)c2ccc3c(c2)C(c2ccccc2)(c2ccccc2)c2ccccc2-3)cc1. The largest absolute Gasteiger partial charge is 0.310 e. The highest BCUT2D eigenvalue weighted by atomic mass is 15.1. The molecule has 1 aromatic heterocycles. The van der Waals surface area contributed by atoms with Gasteiger partial charge in [-0.3, -0.25) is 0 Å². The number of hydrogen-bond acceptors (Lipinski definition) is 1. The highest BCUT2D eigenvalue weighted by Gasteiger charge is 2.46. The monoisotopic (exact) mass is 726 g/mol. The number of aromatic nitrogens is 1. The summed E-state index contributed by atoms with van der Waals surface area (Å²) in [5.74, 6) is 0. The van der Waals surface area contributed by atoms with Gasteiger partial charge in [-0.05, 0) is 111 Å². The fraction of sp³-hybridized carbons (Fsp3) is 0.0182. The van der Waals surface area contributed by atoms with Crippen LogP contribution in [0.1, 0.15) is 22.3 Å². The molecule has 0 unspecified atom stereocenters. The molecule has 0 radical (unpaired) electrons. The van der Waals surface area contributed by atoms with Gasteiger partial charge >= 0.3 is 0 Å². The molecule has 0 atom stereocenters. The van der Waals surface area contributed by atoms with E-state index in [1.165, 1.54) is 66.3 Å². The van der Waals surface area contributed by atoms with E-state index in [4.69, 9.17) is 0 Å². The van der Waals surface area contributed by atoms with E-state index in [0.717, 1.165) is 22.7 Å². The lowest BCUT2D eigenvalue weighted by molar-refractivity contribution is 0.768. The van der Waals surface area contributed by atoms with Crippen LogP contribution in [0.2, 0.25) is 0 Å². The predicted octanol–water partition coefficient (Wildman–Crippen LogP) is 14.3. The van der Waals surface area contributed by atoms with E-state index < -0.39 is 5.41 Å². The highest BCUT2D eigenvalue weighted by Crippen LogP contribution is 2.57. The zero-order valence-corrected chi connectivity index (χ0v) is 31.3. The molecule has 0 fully saturated rings. The fourth-order valence-corrected chi connectivity index (χ4v) is 9.43. The van der Waals surface area contributed by atoms with Crippen LogP contribution in [0, 0.1) is 0 Å². The van der Waals surface area contributed by atoms with Crippen LogP contribution in [0.4, 0.5) is 17.1 Å². The van der Waals surface area contributed by atoms with Gasteiger partial charge in [0.15, 0.2) is 0 Å². The Morgan fingerprint density at radius 1 is 0.333 bits per heavy atom. The molecule has 1 aliphatic rings. The first-order chi connectivity index (χ1) is 28.3. The molecule has 268 valence electrons. The molecule has 0 N–H and O–H groups in total. The smallest absolute Gasteiger partial charge is 0.0714 e. The van der Waals surface area contributed by atoms with Crippen molar-refractivity contribution in [2.45, 2.75) is 5.41 Å². The molecule has 1 aliphatic carbocycles. The number of anilines is 3. The number of nitrogens with zero attached hydrogens (tertiary/aromatic N) is 2. The summed E-state index contributed by atoms with van der Waals surface area (Å²) in [6.07, 6.45) is 0. The number of hydrogen-bond donors (Lipinski definition) is 0. The molecule has 0 aliphatic heterocycles. The molecular formula is C55H38N2. The van der Waals surface area contributed by atoms with Gasteiger partial charge in [-0.2, -0.15) is 0 Å². The van der Waals surface area contributed by atoms with E-state index in [2.05, 4.69) is 240 Å². The Hall–Kier alpha value is -7.42. The first kappa shape index (κ1) is 33.0. The molecule has 0 spiro atoms. The molecule has 9 aromatic carbocycles. The van der Waals surface area contributed by atoms with E-state index >= 15 is 0 Å². The van der Waals surface area contributed by atoms with Gasteiger partial charge in [-0.25, -0.2) is 0 Å². The maximum absolute atomic E-state index is 2.44. The summed E-state index contributed by atoms with van der Waals surface area (Å²) in [6, 6.07) is 84.2. The van der Waals surface area contributed by atoms with Crippen molar-refractivity contribution in [1.82, 2.24) is 4.57 Å². The minimum absolute atomic E-state index is 0.483. The van der Waals surface area contributed by atoms with Gasteiger partial charge in [-0.15, -0.1) is 0 Å². The Bertz CT molecular complexity index is 3020. The van der Waals surface area contributed by atoms with Crippen molar-refractivity contribution in [3.8, 4) is 27.9 Å². The average Bonchev–Trinajstić information content (AvgIpc) is 3.78. The maximum Gasteiger partial charge on any atom is 0.0714 e. The summed E-state index contributed by atoms with van der Waals surface area (Å²) in [4.78, 5) is 2.41. The van der Waals surface area contributed by atoms with Crippen LogP contribution in [-0.2, 0) is 5.41 Å². The van der Waals surface area contributed by atoms with Gasteiger partial charge in [0.25, 0.3) is 0 Å². The third-order valence-corrected chi connectivity index (χ3v) is 11.8. The van der Waals surface area contributed by atoms with Crippen LogP contribution in [0.5, 0.6) is 0 Å². The average molecular weight is 727 g/mol. The van der Waals surface area contributed by atoms with Crippen molar-refractivity contribution in [3.05, 3.63) is 253 Å². The van der Waals surface area contributed by atoms with Gasteiger partial charge in [-0.1, -0.05) is 164 Å². The molecule has 0 amide bonds. The van der Waals surface area contributed by atoms with Crippen LogP contribution in [0.15, 0.2) is 231 Å². The molecule has 11 rings (SSSR count). The number of rotatable bonds is 7. The second-order valence-corrected chi connectivity index (χ2v) is 14.9. The van der Waals surface area contributed by atoms with E-state index in [1.54, 1.807) is 0 Å². The van der Waals surface area contributed by atoms with E-state index in [9.17, 15) is 0 Å². The molecule has 0 saturated heterocycles. The van der Waals surface area contributed by atoms with E-state index in [1.807, 2.05) is 0 Å². The first-order valence-electron chi connectivity index (χ1n) is 19.7. The summed E-state index contributed by atoms with van der Waals surface area (Å²) < 4.78 is 2.37. The molecule has 2 heteroatoms. The summed E-state index contributed by atoms with van der Waals surface area (Å²) in [6.45, 7) is 0. The van der Waals surface area contributed by atoms with Crippen molar-refractivity contribution in [1.29, 1.82) is 0 Å². The van der Waals surface area contributed by atoms with Gasteiger partial charge in [0.2, 0.25) is 0 Å². The molecule has 0 bridgehead atoms. The lowest BCUT2D eigenvalue weighted by Gasteiger charge is -2.35. The summed E-state index contributed by atoms with van der Waals surface area (Å²) in [5, 5.41) is 2.49. The Morgan fingerprint density at radius 2 is 0.895 bits per heavy atom. The third-order valence-electron chi connectivity index (χ3n) is 11.8. The number of fused-ring (bicyclic) bond motifs is 6. The molecule has 10 aromatic rings. The maximum atomic E-state index is 2.44. The topological polar surface area (TPSA) is 8.17 Å². The second kappa shape index (κ2) is 13.4. The fourth-order valence-electron chi connectivity index (χ4n) is 9.43. The standard InChI is InChI=1S/C55H38N2/c1-5-19-41(20-6-1)55(42-21-7-2-8-22-42)51-30-15-13-28-47(51)48-34-33-46(38-52(48)55)56(43-23-9-3-10-24-43)45-27-17-18-39(36-45)40-32-35-54-50(37-40)49-29-14-16-31-53(49)57(54)44-25-11-4-12-26-44/h1-38H. The molecule has 57 heavy (non-hydrogen) atoms. The molecular weight excluding hydrogens is 689 g/mol. The van der Waals surface area contributed by atoms with Crippen LogP contribution in [0.3, 0.4) is 0 Å². The Kier molecular flexibility index (Phi) is 7.75. The van der Waals surface area contributed by atoms with Gasteiger partial charge in [0, 0.05) is 33.5 Å². The van der Waals surface area contributed by atoms with Crippen molar-refractivity contribution >= 4 is 38.9 Å². The quantitative estimate of drug-likeness (QED) is 0.159. The summed E-state index contributed by atoms with van der Waals surface area (Å²) in [7, 11) is 0. The van der Waals surface area contributed by atoms with Crippen molar-refractivity contribution in [3.63, 3.8) is 0 Å². The van der Waals surface area contributed by atoms with E-state index in [-0.39, 0.29) is 0 Å². The van der Waals surface area contributed by atoms with Crippen LogP contribution in [0.25, 0.3) is 49.7 Å². The lowest BCUT2D eigenvalue weighted by atomic mass is 9.67.